The molecule has 0 unspecified atom stereocenters. The minimum absolute atomic E-state index is 0.100. The number of ketones is 1. The molecular formula is C26H21N3OS. The molecule has 5 heteroatoms. The van der Waals surface area contributed by atoms with E-state index in [9.17, 15) is 4.79 Å². The molecule has 3 aromatic heterocycles. The van der Waals surface area contributed by atoms with Gasteiger partial charge in [0.2, 0.25) is 5.78 Å². The van der Waals surface area contributed by atoms with Gasteiger partial charge >= 0.3 is 0 Å². The Hall–Kier alpha value is -3.70. The second-order valence-electron chi connectivity index (χ2n) is 7.63. The van der Waals surface area contributed by atoms with Crippen molar-refractivity contribution in [3.8, 4) is 21.8 Å². The summed E-state index contributed by atoms with van der Waals surface area (Å²) in [4.78, 5) is 18.2. The number of carbonyl (C=O) groups excluding carboxylic acids is 1. The monoisotopic (exact) mass is 423 g/mol. The van der Waals surface area contributed by atoms with E-state index >= 15 is 0 Å². The summed E-state index contributed by atoms with van der Waals surface area (Å²) in [5.74, 6) is -0.100. The van der Waals surface area contributed by atoms with Crippen LogP contribution in [0.4, 0.5) is 5.69 Å². The fourth-order valence-corrected chi connectivity index (χ4v) is 4.73. The number of nitrogen functional groups attached to an aromatic ring is 1. The summed E-state index contributed by atoms with van der Waals surface area (Å²) in [7, 11) is 0. The molecule has 0 atom stereocenters. The molecule has 3 heterocycles. The third-order valence-corrected chi connectivity index (χ3v) is 6.51. The third kappa shape index (κ3) is 3.23. The average Bonchev–Trinajstić information content (AvgIpc) is 3.38. The van der Waals surface area contributed by atoms with Crippen LogP contribution in [0.2, 0.25) is 0 Å². The molecule has 0 fully saturated rings. The van der Waals surface area contributed by atoms with Crippen LogP contribution in [0.3, 0.4) is 0 Å². The lowest BCUT2D eigenvalue weighted by Crippen LogP contribution is -2.07. The van der Waals surface area contributed by atoms with Gasteiger partial charge in [-0.3, -0.25) is 4.79 Å². The zero-order valence-corrected chi connectivity index (χ0v) is 18.1. The van der Waals surface area contributed by atoms with Crippen molar-refractivity contribution in [2.45, 2.75) is 13.8 Å². The number of hydrogen-bond acceptors (Lipinski definition) is 4. The van der Waals surface area contributed by atoms with Gasteiger partial charge in [-0.2, -0.15) is 0 Å². The van der Waals surface area contributed by atoms with Crippen molar-refractivity contribution in [3.05, 3.63) is 101 Å². The first kappa shape index (κ1) is 19.3. The standard InChI is InChI=1S/C26H21N3OS/c1-16-11-12-19(14-17(16)2)20-15-31-26(28-20)22-21-10-6-7-13-29(21)24(23(22)27)25(30)18-8-4-3-5-9-18/h3-15H,27H2,1-2H3. The molecule has 0 saturated carbocycles. The zero-order chi connectivity index (χ0) is 21.5. The number of nitrogens with zero attached hydrogens (tertiary/aromatic N) is 2. The fourth-order valence-electron chi connectivity index (χ4n) is 3.83. The second kappa shape index (κ2) is 7.52. The Morgan fingerprint density at radius 3 is 2.52 bits per heavy atom. The number of fused-ring (bicyclic) bond motifs is 1. The van der Waals surface area contributed by atoms with Crippen molar-refractivity contribution in [3.63, 3.8) is 0 Å². The maximum Gasteiger partial charge on any atom is 0.211 e. The maximum atomic E-state index is 13.3. The molecule has 152 valence electrons. The molecule has 4 nitrogen and oxygen atoms in total. The first-order valence-corrected chi connectivity index (χ1v) is 10.9. The molecular weight excluding hydrogens is 402 g/mol. The lowest BCUT2D eigenvalue weighted by molar-refractivity contribution is 0.103. The number of anilines is 1. The molecule has 0 aliphatic heterocycles. The van der Waals surface area contributed by atoms with Gasteiger partial charge in [0.1, 0.15) is 10.7 Å². The number of pyridine rings is 1. The minimum atomic E-state index is -0.100. The van der Waals surface area contributed by atoms with E-state index in [1.54, 1.807) is 11.3 Å². The molecule has 2 N–H and O–H groups in total. The summed E-state index contributed by atoms with van der Waals surface area (Å²) in [5.41, 5.74) is 14.3. The number of aromatic nitrogens is 2. The smallest absolute Gasteiger partial charge is 0.211 e. The van der Waals surface area contributed by atoms with Crippen LogP contribution in [-0.4, -0.2) is 15.2 Å². The van der Waals surface area contributed by atoms with Crippen molar-refractivity contribution in [2.75, 3.05) is 5.73 Å². The van der Waals surface area contributed by atoms with Crippen molar-refractivity contribution < 1.29 is 4.79 Å². The Kier molecular flexibility index (Phi) is 4.68. The van der Waals surface area contributed by atoms with E-state index in [2.05, 4.69) is 32.0 Å². The van der Waals surface area contributed by atoms with Gasteiger partial charge in [-0.05, 0) is 43.2 Å². The quantitative estimate of drug-likeness (QED) is 0.352. The van der Waals surface area contributed by atoms with Crippen LogP contribution in [0, 0.1) is 13.8 Å². The van der Waals surface area contributed by atoms with Gasteiger partial charge in [0.25, 0.3) is 0 Å². The average molecular weight is 424 g/mol. The number of benzene rings is 2. The number of nitrogens with two attached hydrogens (primary N) is 1. The summed E-state index contributed by atoms with van der Waals surface area (Å²) in [6.07, 6.45) is 1.88. The Balaban J connectivity index is 1.67. The zero-order valence-electron chi connectivity index (χ0n) is 17.3. The van der Waals surface area contributed by atoms with Gasteiger partial charge in [0.05, 0.1) is 22.5 Å². The first-order valence-electron chi connectivity index (χ1n) is 10.1. The SMILES string of the molecule is Cc1ccc(-c2csc(-c3c(N)c(C(=O)c4ccccc4)n4ccccc34)n2)cc1C. The largest absolute Gasteiger partial charge is 0.396 e. The molecule has 5 rings (SSSR count). The van der Waals surface area contributed by atoms with Crippen LogP contribution in [0.25, 0.3) is 27.3 Å². The summed E-state index contributed by atoms with van der Waals surface area (Å²) >= 11 is 1.54. The number of thiazole rings is 1. The number of carbonyl (C=O) groups is 1. The van der Waals surface area contributed by atoms with Gasteiger partial charge < -0.3 is 10.1 Å². The molecule has 0 aliphatic carbocycles. The van der Waals surface area contributed by atoms with Crippen molar-refractivity contribution in [1.29, 1.82) is 0 Å². The van der Waals surface area contributed by atoms with Crippen LogP contribution >= 0.6 is 11.3 Å². The van der Waals surface area contributed by atoms with E-state index in [0.29, 0.717) is 16.9 Å². The molecule has 0 radical (unpaired) electrons. The van der Waals surface area contributed by atoms with E-state index in [1.807, 2.05) is 64.5 Å². The molecule has 5 aromatic rings. The first-order chi connectivity index (χ1) is 15.0. The third-order valence-electron chi connectivity index (χ3n) is 5.65. The number of aryl methyl sites for hydroxylation is 2. The normalized spacial score (nSPS) is 11.2. The minimum Gasteiger partial charge on any atom is -0.396 e. The molecule has 0 bridgehead atoms. The Morgan fingerprint density at radius 1 is 0.968 bits per heavy atom. The van der Waals surface area contributed by atoms with Gasteiger partial charge in [0.15, 0.2) is 0 Å². The highest BCUT2D eigenvalue weighted by Crippen LogP contribution is 2.39. The summed E-state index contributed by atoms with van der Waals surface area (Å²) < 4.78 is 1.87. The summed E-state index contributed by atoms with van der Waals surface area (Å²) in [6.45, 7) is 4.21. The Labute approximate surface area is 184 Å². The van der Waals surface area contributed by atoms with Crippen LogP contribution in [0.15, 0.2) is 78.3 Å². The molecule has 0 saturated heterocycles. The lowest BCUT2D eigenvalue weighted by atomic mass is 10.0. The molecule has 0 spiro atoms. The molecule has 0 amide bonds. The van der Waals surface area contributed by atoms with Crippen LogP contribution in [0.1, 0.15) is 27.2 Å². The van der Waals surface area contributed by atoms with E-state index in [1.165, 1.54) is 11.1 Å². The van der Waals surface area contributed by atoms with E-state index in [0.717, 1.165) is 27.3 Å². The van der Waals surface area contributed by atoms with Crippen LogP contribution in [-0.2, 0) is 0 Å². The highest BCUT2D eigenvalue weighted by atomic mass is 32.1. The van der Waals surface area contributed by atoms with Crippen LogP contribution in [0.5, 0.6) is 0 Å². The fraction of sp³-hybridized carbons (Fsp3) is 0.0769. The predicted molar refractivity (Wildman–Crippen MR) is 128 cm³/mol. The Bertz CT molecular complexity index is 1430. The van der Waals surface area contributed by atoms with E-state index < -0.39 is 0 Å². The van der Waals surface area contributed by atoms with Gasteiger partial charge in [0, 0.05) is 22.7 Å². The van der Waals surface area contributed by atoms with Crippen molar-refractivity contribution >= 4 is 28.3 Å². The second-order valence-corrected chi connectivity index (χ2v) is 8.48. The van der Waals surface area contributed by atoms with Crippen LogP contribution < -0.4 is 5.73 Å². The lowest BCUT2D eigenvalue weighted by Gasteiger charge is -2.03. The van der Waals surface area contributed by atoms with Crippen molar-refractivity contribution in [1.82, 2.24) is 9.38 Å². The number of rotatable bonds is 4. The van der Waals surface area contributed by atoms with E-state index in [-0.39, 0.29) is 5.78 Å². The van der Waals surface area contributed by atoms with Gasteiger partial charge in [-0.25, -0.2) is 4.98 Å². The topological polar surface area (TPSA) is 60.4 Å². The Morgan fingerprint density at radius 2 is 1.74 bits per heavy atom. The highest BCUT2D eigenvalue weighted by molar-refractivity contribution is 7.13. The van der Waals surface area contributed by atoms with Crippen molar-refractivity contribution in [2.24, 2.45) is 0 Å². The molecule has 31 heavy (non-hydrogen) atoms. The molecule has 0 aliphatic rings. The predicted octanol–water partition coefficient (Wildman–Crippen LogP) is 6.16. The van der Waals surface area contributed by atoms with Gasteiger partial charge in [-0.15, -0.1) is 11.3 Å². The molecule has 2 aromatic carbocycles. The summed E-state index contributed by atoms with van der Waals surface area (Å²) in [5, 5.41) is 2.85. The highest BCUT2D eigenvalue weighted by Gasteiger charge is 2.24. The summed E-state index contributed by atoms with van der Waals surface area (Å²) in [6, 6.07) is 21.4. The van der Waals surface area contributed by atoms with E-state index in [4.69, 9.17) is 10.7 Å². The maximum absolute atomic E-state index is 13.3. The van der Waals surface area contributed by atoms with Gasteiger partial charge in [-0.1, -0.05) is 48.5 Å². The number of hydrogen-bond donors (Lipinski definition) is 1.